The molecule has 0 saturated carbocycles. The van der Waals surface area contributed by atoms with Gasteiger partial charge in [-0.2, -0.15) is 0 Å². The molecule has 0 fully saturated rings. The van der Waals surface area contributed by atoms with Gasteiger partial charge in [-0.1, -0.05) is 11.6 Å². The minimum absolute atomic E-state index is 0.0543. The molecule has 0 rings (SSSR count). The van der Waals surface area contributed by atoms with Crippen molar-refractivity contribution in [2.24, 2.45) is 0 Å². The number of rotatable bonds is 5. The predicted molar refractivity (Wildman–Crippen MR) is 58.3 cm³/mol. The van der Waals surface area contributed by atoms with Gasteiger partial charge >= 0.3 is 0 Å². The van der Waals surface area contributed by atoms with Gasteiger partial charge in [0.25, 0.3) is 0 Å². The summed E-state index contributed by atoms with van der Waals surface area (Å²) in [7, 11) is 0. The van der Waals surface area contributed by atoms with Crippen molar-refractivity contribution >= 4 is 23.2 Å². The maximum Gasteiger partial charge on any atom is 0.0406 e. The second-order valence-corrected chi connectivity index (χ2v) is 5.11. The van der Waals surface area contributed by atoms with E-state index in [0.717, 1.165) is 19.3 Å². The Morgan fingerprint density at radius 2 is 2.00 bits per heavy atom. The SMILES string of the molecule is C/C(=C\CCl)CCCC(C)(C)Cl. The standard InChI is InChI=1S/C10H18Cl2/c1-9(6-8-11)5-4-7-10(2,3)12/h6H,4-5,7-8H2,1-3H3/b9-6+. The molecular weight excluding hydrogens is 191 g/mol. The molecule has 2 heteroatoms. The fourth-order valence-corrected chi connectivity index (χ4v) is 1.42. The van der Waals surface area contributed by atoms with Crippen molar-refractivity contribution < 1.29 is 0 Å². The van der Waals surface area contributed by atoms with E-state index in [1.165, 1.54) is 5.57 Å². The van der Waals surface area contributed by atoms with E-state index >= 15 is 0 Å². The molecule has 0 radical (unpaired) electrons. The van der Waals surface area contributed by atoms with Gasteiger partial charge in [-0.05, 0) is 40.0 Å². The third-order valence-corrected chi connectivity index (χ3v) is 2.11. The summed E-state index contributed by atoms with van der Waals surface area (Å²) in [6, 6.07) is 0. The molecule has 0 heterocycles. The second kappa shape index (κ2) is 5.88. The molecule has 0 aromatic rings. The van der Waals surface area contributed by atoms with Crippen molar-refractivity contribution in [2.45, 2.75) is 44.9 Å². The zero-order chi connectivity index (χ0) is 9.61. The first kappa shape index (κ1) is 12.3. The summed E-state index contributed by atoms with van der Waals surface area (Å²) in [4.78, 5) is -0.0543. The molecule has 0 unspecified atom stereocenters. The lowest BCUT2D eigenvalue weighted by Crippen LogP contribution is -2.09. The van der Waals surface area contributed by atoms with E-state index in [1.54, 1.807) is 0 Å². The van der Waals surface area contributed by atoms with Crippen molar-refractivity contribution in [2.75, 3.05) is 5.88 Å². The van der Waals surface area contributed by atoms with Crippen LogP contribution in [0.4, 0.5) is 0 Å². The van der Waals surface area contributed by atoms with Crippen LogP contribution in [0.1, 0.15) is 40.0 Å². The molecule has 72 valence electrons. The molecule has 0 aromatic carbocycles. The summed E-state index contributed by atoms with van der Waals surface area (Å²) in [6.07, 6.45) is 5.38. The van der Waals surface area contributed by atoms with Gasteiger partial charge in [0.1, 0.15) is 0 Å². The van der Waals surface area contributed by atoms with Gasteiger partial charge in [-0.25, -0.2) is 0 Å². The van der Waals surface area contributed by atoms with Gasteiger partial charge in [0, 0.05) is 10.8 Å². The Hall–Kier alpha value is 0.320. The average molecular weight is 209 g/mol. The van der Waals surface area contributed by atoms with Gasteiger partial charge in [-0.15, -0.1) is 23.2 Å². The van der Waals surface area contributed by atoms with Gasteiger partial charge in [-0.3, -0.25) is 0 Å². The maximum absolute atomic E-state index is 6.05. The average Bonchev–Trinajstić information content (AvgIpc) is 1.84. The normalized spacial score (nSPS) is 13.6. The third-order valence-electron chi connectivity index (χ3n) is 1.77. The Morgan fingerprint density at radius 1 is 1.42 bits per heavy atom. The van der Waals surface area contributed by atoms with Crippen molar-refractivity contribution in [1.82, 2.24) is 0 Å². The monoisotopic (exact) mass is 208 g/mol. The summed E-state index contributed by atoms with van der Waals surface area (Å²) in [6.45, 7) is 6.22. The van der Waals surface area contributed by atoms with E-state index in [0.29, 0.717) is 5.88 Å². The van der Waals surface area contributed by atoms with Gasteiger partial charge in [0.05, 0.1) is 0 Å². The van der Waals surface area contributed by atoms with Crippen LogP contribution in [0, 0.1) is 0 Å². The van der Waals surface area contributed by atoms with E-state index in [9.17, 15) is 0 Å². The molecule has 0 nitrogen and oxygen atoms in total. The number of halogens is 2. The summed E-state index contributed by atoms with van der Waals surface area (Å²) >= 11 is 11.6. The lowest BCUT2D eigenvalue weighted by atomic mass is 10.0. The first-order valence-corrected chi connectivity index (χ1v) is 5.27. The number of hydrogen-bond acceptors (Lipinski definition) is 0. The van der Waals surface area contributed by atoms with E-state index in [1.807, 2.05) is 0 Å². The highest BCUT2D eigenvalue weighted by Gasteiger charge is 2.11. The summed E-state index contributed by atoms with van der Waals surface area (Å²) in [5.74, 6) is 0.621. The molecule has 0 spiro atoms. The molecule has 0 N–H and O–H groups in total. The van der Waals surface area contributed by atoms with Crippen LogP contribution in [0.3, 0.4) is 0 Å². The minimum atomic E-state index is -0.0543. The molecule has 12 heavy (non-hydrogen) atoms. The van der Waals surface area contributed by atoms with E-state index in [2.05, 4.69) is 26.8 Å². The third kappa shape index (κ3) is 8.42. The molecule has 0 aliphatic carbocycles. The molecule has 0 aliphatic heterocycles. The Labute approximate surface area is 85.9 Å². The van der Waals surface area contributed by atoms with Gasteiger partial charge < -0.3 is 0 Å². The zero-order valence-electron chi connectivity index (χ0n) is 8.16. The molecule has 0 aromatic heterocycles. The fraction of sp³-hybridized carbons (Fsp3) is 0.800. The zero-order valence-corrected chi connectivity index (χ0v) is 9.67. The molecule has 0 amide bonds. The lowest BCUT2D eigenvalue weighted by Gasteiger charge is -2.14. The molecule has 0 saturated heterocycles. The highest BCUT2D eigenvalue weighted by atomic mass is 35.5. The molecule has 0 aliphatic rings. The lowest BCUT2D eigenvalue weighted by molar-refractivity contribution is 0.590. The highest BCUT2D eigenvalue weighted by molar-refractivity contribution is 6.23. The first-order chi connectivity index (χ1) is 5.45. The van der Waals surface area contributed by atoms with Crippen molar-refractivity contribution in [3.8, 4) is 0 Å². The van der Waals surface area contributed by atoms with Crippen molar-refractivity contribution in [3.63, 3.8) is 0 Å². The second-order valence-electron chi connectivity index (χ2n) is 3.78. The van der Waals surface area contributed by atoms with E-state index in [4.69, 9.17) is 23.2 Å². The quantitative estimate of drug-likeness (QED) is 0.466. The Morgan fingerprint density at radius 3 is 2.42 bits per heavy atom. The predicted octanol–water partition coefficient (Wildman–Crippen LogP) is 4.36. The largest absolute Gasteiger partial charge is 0.122 e. The summed E-state index contributed by atoms with van der Waals surface area (Å²) in [5.41, 5.74) is 1.37. The Kier molecular flexibility index (Phi) is 6.04. The van der Waals surface area contributed by atoms with Crippen molar-refractivity contribution in [1.29, 1.82) is 0 Å². The number of hydrogen-bond donors (Lipinski definition) is 0. The molecule has 0 bridgehead atoms. The highest BCUT2D eigenvalue weighted by Crippen LogP contribution is 2.21. The van der Waals surface area contributed by atoms with Gasteiger partial charge in [0.2, 0.25) is 0 Å². The van der Waals surface area contributed by atoms with Crippen LogP contribution in [0.2, 0.25) is 0 Å². The van der Waals surface area contributed by atoms with Crippen LogP contribution in [0.25, 0.3) is 0 Å². The maximum atomic E-state index is 6.05. The fourth-order valence-electron chi connectivity index (χ4n) is 1.02. The Bertz CT molecular complexity index is 142. The van der Waals surface area contributed by atoms with Crippen LogP contribution in [0.5, 0.6) is 0 Å². The first-order valence-electron chi connectivity index (χ1n) is 4.36. The number of allylic oxidation sites excluding steroid dienone is 2. The smallest absolute Gasteiger partial charge is 0.0406 e. The molecule has 0 atom stereocenters. The van der Waals surface area contributed by atoms with Crippen LogP contribution < -0.4 is 0 Å². The van der Waals surface area contributed by atoms with E-state index < -0.39 is 0 Å². The minimum Gasteiger partial charge on any atom is -0.122 e. The van der Waals surface area contributed by atoms with Crippen molar-refractivity contribution in [3.05, 3.63) is 11.6 Å². The Balaban J connectivity index is 3.50. The van der Waals surface area contributed by atoms with Crippen LogP contribution >= 0.6 is 23.2 Å². The van der Waals surface area contributed by atoms with Gasteiger partial charge in [0.15, 0.2) is 0 Å². The summed E-state index contributed by atoms with van der Waals surface area (Å²) < 4.78 is 0. The van der Waals surface area contributed by atoms with E-state index in [-0.39, 0.29) is 4.87 Å². The summed E-state index contributed by atoms with van der Waals surface area (Å²) in [5, 5.41) is 0. The van der Waals surface area contributed by atoms with Crippen LogP contribution in [0.15, 0.2) is 11.6 Å². The topological polar surface area (TPSA) is 0 Å². The molecular formula is C10H18Cl2. The number of alkyl halides is 2. The van der Waals surface area contributed by atoms with Crippen LogP contribution in [-0.2, 0) is 0 Å². The van der Waals surface area contributed by atoms with Crippen LogP contribution in [-0.4, -0.2) is 10.8 Å².